The van der Waals surface area contributed by atoms with Crippen molar-refractivity contribution >= 4 is 28.0 Å². The van der Waals surface area contributed by atoms with E-state index in [1.807, 2.05) is 30.3 Å². The Hall–Kier alpha value is -2.11. The molecular weight excluding hydrogens is 270 g/mol. The number of carbonyl (C=O) groups excluding carboxylic acids is 1. The van der Waals surface area contributed by atoms with Crippen molar-refractivity contribution in [2.75, 3.05) is 6.54 Å². The molecule has 0 saturated carbocycles. The molecular formula is C15H13N3OS. The Bertz CT molecular complexity index is 761. The van der Waals surface area contributed by atoms with Crippen LogP contribution in [0, 0.1) is 0 Å². The Morgan fingerprint density at radius 2 is 2.15 bits per heavy atom. The first-order valence-corrected chi connectivity index (χ1v) is 7.20. The first kappa shape index (κ1) is 12.9. The Balaban J connectivity index is 2.03. The molecule has 0 bridgehead atoms. The minimum atomic E-state index is -0.0666. The summed E-state index contributed by atoms with van der Waals surface area (Å²) >= 11 is 1.47. The number of pyridine rings is 1. The number of hydrogen-bond donors (Lipinski definition) is 1. The van der Waals surface area contributed by atoms with Crippen LogP contribution in [0.2, 0.25) is 0 Å². The summed E-state index contributed by atoms with van der Waals surface area (Å²) in [5, 5.41) is 3.55. The molecule has 1 aromatic carbocycles. The SMILES string of the molecule is NCCc1nc(C(=O)c2cccc3ncccc23)cs1. The lowest BCUT2D eigenvalue weighted by Gasteiger charge is -2.03. The number of aromatic nitrogens is 2. The number of hydrogen-bond acceptors (Lipinski definition) is 5. The summed E-state index contributed by atoms with van der Waals surface area (Å²) < 4.78 is 0. The summed E-state index contributed by atoms with van der Waals surface area (Å²) in [7, 11) is 0. The van der Waals surface area contributed by atoms with Crippen molar-refractivity contribution in [2.45, 2.75) is 6.42 Å². The Labute approximate surface area is 120 Å². The van der Waals surface area contributed by atoms with Crippen LogP contribution in [0.1, 0.15) is 21.1 Å². The quantitative estimate of drug-likeness (QED) is 0.747. The van der Waals surface area contributed by atoms with Crippen LogP contribution in [-0.4, -0.2) is 22.3 Å². The maximum atomic E-state index is 12.6. The lowest BCUT2D eigenvalue weighted by molar-refractivity contribution is 0.103. The smallest absolute Gasteiger partial charge is 0.212 e. The molecule has 100 valence electrons. The van der Waals surface area contributed by atoms with Crippen LogP contribution in [0.4, 0.5) is 0 Å². The maximum Gasteiger partial charge on any atom is 0.212 e. The van der Waals surface area contributed by atoms with E-state index in [0.717, 1.165) is 15.9 Å². The maximum absolute atomic E-state index is 12.6. The van der Waals surface area contributed by atoms with Crippen molar-refractivity contribution in [3.63, 3.8) is 0 Å². The van der Waals surface area contributed by atoms with Crippen LogP contribution in [-0.2, 0) is 6.42 Å². The fourth-order valence-corrected chi connectivity index (χ4v) is 2.89. The second-order valence-corrected chi connectivity index (χ2v) is 5.31. The van der Waals surface area contributed by atoms with Gasteiger partial charge in [-0.3, -0.25) is 9.78 Å². The van der Waals surface area contributed by atoms with Gasteiger partial charge in [0.15, 0.2) is 0 Å². The molecule has 0 amide bonds. The van der Waals surface area contributed by atoms with E-state index in [1.54, 1.807) is 11.6 Å². The minimum Gasteiger partial charge on any atom is -0.330 e. The van der Waals surface area contributed by atoms with Crippen LogP contribution in [0.15, 0.2) is 41.9 Å². The molecule has 0 aliphatic carbocycles. The van der Waals surface area contributed by atoms with Gasteiger partial charge in [0.25, 0.3) is 0 Å². The number of rotatable bonds is 4. The summed E-state index contributed by atoms with van der Waals surface area (Å²) in [6, 6.07) is 9.29. The molecule has 2 aromatic heterocycles. The van der Waals surface area contributed by atoms with Crippen LogP contribution < -0.4 is 5.73 Å². The average molecular weight is 283 g/mol. The standard InChI is InChI=1S/C15H13N3OS/c16-7-6-14-18-13(9-20-14)15(19)11-3-1-5-12-10(11)4-2-8-17-12/h1-5,8-9H,6-7,16H2. The molecule has 5 heteroatoms. The highest BCUT2D eigenvalue weighted by atomic mass is 32.1. The van der Waals surface area contributed by atoms with E-state index in [2.05, 4.69) is 9.97 Å². The van der Waals surface area contributed by atoms with Crippen molar-refractivity contribution < 1.29 is 4.79 Å². The van der Waals surface area contributed by atoms with Gasteiger partial charge < -0.3 is 5.73 Å². The molecule has 0 atom stereocenters. The van der Waals surface area contributed by atoms with Crippen molar-refractivity contribution in [3.8, 4) is 0 Å². The Morgan fingerprint density at radius 1 is 1.25 bits per heavy atom. The van der Waals surface area contributed by atoms with E-state index in [0.29, 0.717) is 24.2 Å². The number of benzene rings is 1. The van der Waals surface area contributed by atoms with E-state index >= 15 is 0 Å². The van der Waals surface area contributed by atoms with Gasteiger partial charge in [-0.15, -0.1) is 11.3 Å². The first-order chi connectivity index (χ1) is 9.79. The largest absolute Gasteiger partial charge is 0.330 e. The van der Waals surface area contributed by atoms with Gasteiger partial charge in [-0.2, -0.15) is 0 Å². The summed E-state index contributed by atoms with van der Waals surface area (Å²) in [5.74, 6) is -0.0666. The monoisotopic (exact) mass is 283 g/mol. The zero-order valence-corrected chi connectivity index (χ0v) is 11.6. The topological polar surface area (TPSA) is 68.9 Å². The van der Waals surface area contributed by atoms with Gasteiger partial charge >= 0.3 is 0 Å². The summed E-state index contributed by atoms with van der Waals surface area (Å²) in [4.78, 5) is 21.2. The highest BCUT2D eigenvalue weighted by molar-refractivity contribution is 7.09. The third-order valence-corrected chi connectivity index (χ3v) is 3.94. The van der Waals surface area contributed by atoms with Gasteiger partial charge in [-0.25, -0.2) is 4.98 Å². The van der Waals surface area contributed by atoms with Gasteiger partial charge in [-0.1, -0.05) is 18.2 Å². The molecule has 3 rings (SSSR count). The minimum absolute atomic E-state index is 0.0666. The van der Waals surface area contributed by atoms with E-state index < -0.39 is 0 Å². The zero-order valence-electron chi connectivity index (χ0n) is 10.7. The molecule has 0 aliphatic rings. The number of nitrogens with two attached hydrogens (primary N) is 1. The molecule has 0 radical (unpaired) electrons. The molecule has 0 unspecified atom stereocenters. The molecule has 0 aliphatic heterocycles. The van der Waals surface area contributed by atoms with Gasteiger partial charge in [0.05, 0.1) is 10.5 Å². The lowest BCUT2D eigenvalue weighted by Crippen LogP contribution is -2.05. The van der Waals surface area contributed by atoms with Crippen LogP contribution in [0.25, 0.3) is 10.9 Å². The molecule has 0 fully saturated rings. The highest BCUT2D eigenvalue weighted by Gasteiger charge is 2.15. The molecule has 2 N–H and O–H groups in total. The highest BCUT2D eigenvalue weighted by Crippen LogP contribution is 2.21. The first-order valence-electron chi connectivity index (χ1n) is 6.32. The number of nitrogens with zero attached hydrogens (tertiary/aromatic N) is 2. The van der Waals surface area contributed by atoms with Crippen molar-refractivity contribution in [1.29, 1.82) is 0 Å². The lowest BCUT2D eigenvalue weighted by atomic mass is 10.0. The normalized spacial score (nSPS) is 10.8. The number of carbonyl (C=O) groups is 1. The molecule has 3 aromatic rings. The Morgan fingerprint density at radius 3 is 3.00 bits per heavy atom. The van der Waals surface area contributed by atoms with E-state index in [4.69, 9.17) is 5.73 Å². The van der Waals surface area contributed by atoms with E-state index in [1.165, 1.54) is 11.3 Å². The fraction of sp³-hybridized carbons (Fsp3) is 0.133. The Kier molecular flexibility index (Phi) is 3.54. The van der Waals surface area contributed by atoms with Crippen LogP contribution in [0.3, 0.4) is 0 Å². The average Bonchev–Trinajstić information content (AvgIpc) is 2.95. The van der Waals surface area contributed by atoms with Crippen molar-refractivity contribution in [2.24, 2.45) is 5.73 Å². The molecule has 2 heterocycles. The predicted molar refractivity (Wildman–Crippen MR) is 80.0 cm³/mol. The zero-order chi connectivity index (χ0) is 13.9. The number of thiazole rings is 1. The van der Waals surface area contributed by atoms with Crippen molar-refractivity contribution in [3.05, 3.63) is 58.2 Å². The van der Waals surface area contributed by atoms with Crippen LogP contribution in [0.5, 0.6) is 0 Å². The number of ketones is 1. The molecule has 0 spiro atoms. The van der Waals surface area contributed by atoms with Gasteiger partial charge in [-0.05, 0) is 18.7 Å². The third-order valence-electron chi connectivity index (χ3n) is 3.03. The van der Waals surface area contributed by atoms with Crippen molar-refractivity contribution in [1.82, 2.24) is 9.97 Å². The fourth-order valence-electron chi connectivity index (χ4n) is 2.09. The van der Waals surface area contributed by atoms with E-state index in [9.17, 15) is 4.79 Å². The van der Waals surface area contributed by atoms with Gasteiger partial charge in [0.1, 0.15) is 5.69 Å². The summed E-state index contributed by atoms with van der Waals surface area (Å²) in [5.41, 5.74) is 7.44. The molecule has 0 saturated heterocycles. The van der Waals surface area contributed by atoms with E-state index in [-0.39, 0.29) is 5.78 Å². The molecule has 4 nitrogen and oxygen atoms in total. The predicted octanol–water partition coefficient (Wildman–Crippen LogP) is 2.42. The van der Waals surface area contributed by atoms with Gasteiger partial charge in [0, 0.05) is 28.9 Å². The third kappa shape index (κ3) is 2.33. The summed E-state index contributed by atoms with van der Waals surface area (Å²) in [6.45, 7) is 0.541. The molecule has 20 heavy (non-hydrogen) atoms. The van der Waals surface area contributed by atoms with Crippen LogP contribution >= 0.6 is 11.3 Å². The number of fused-ring (bicyclic) bond motifs is 1. The van der Waals surface area contributed by atoms with Gasteiger partial charge in [0.2, 0.25) is 5.78 Å². The second kappa shape index (κ2) is 5.48. The summed E-state index contributed by atoms with van der Waals surface area (Å²) in [6.07, 6.45) is 2.42. The second-order valence-electron chi connectivity index (χ2n) is 4.37.